The highest BCUT2D eigenvalue weighted by molar-refractivity contribution is 8.02. The molecule has 2 saturated heterocycles. The number of piperidine rings is 1. The summed E-state index contributed by atoms with van der Waals surface area (Å²) < 4.78 is 0. The van der Waals surface area contributed by atoms with Crippen LogP contribution < -0.4 is 5.73 Å². The molecule has 0 aromatic rings. The molecular formula is C27H49N3O4S. The molecule has 0 aromatic heterocycles. The van der Waals surface area contributed by atoms with Crippen molar-refractivity contribution >= 4 is 29.5 Å². The van der Waals surface area contributed by atoms with Gasteiger partial charge in [0, 0.05) is 19.6 Å². The Labute approximate surface area is 216 Å². The van der Waals surface area contributed by atoms with Crippen molar-refractivity contribution in [3.8, 4) is 0 Å². The van der Waals surface area contributed by atoms with Gasteiger partial charge >= 0.3 is 5.97 Å². The van der Waals surface area contributed by atoms with Crippen LogP contribution in [0.1, 0.15) is 111 Å². The predicted molar refractivity (Wildman–Crippen MR) is 143 cm³/mol. The second-order valence-corrected chi connectivity index (χ2v) is 12.1. The van der Waals surface area contributed by atoms with E-state index >= 15 is 0 Å². The Balaban J connectivity index is 1.88. The Morgan fingerprint density at radius 2 is 1.57 bits per heavy atom. The lowest BCUT2D eigenvalue weighted by molar-refractivity contribution is -0.142. The quantitative estimate of drug-likeness (QED) is 0.282. The third-order valence-electron chi connectivity index (χ3n) is 7.89. The number of likely N-dealkylation sites (tertiary alicyclic amines) is 1. The molecule has 2 aliphatic rings. The van der Waals surface area contributed by atoms with Gasteiger partial charge in [-0.2, -0.15) is 0 Å². The van der Waals surface area contributed by atoms with E-state index < -0.39 is 22.1 Å². The summed E-state index contributed by atoms with van der Waals surface area (Å²) in [6, 6.07) is -0.491. The van der Waals surface area contributed by atoms with Gasteiger partial charge in [0.25, 0.3) is 0 Å². The zero-order valence-corrected chi connectivity index (χ0v) is 23.1. The largest absolute Gasteiger partial charge is 0.481 e. The number of amides is 2. The molecule has 1 spiro atoms. The molecule has 8 heteroatoms. The molecule has 2 fully saturated rings. The van der Waals surface area contributed by atoms with Crippen LogP contribution in [0.3, 0.4) is 0 Å². The standard InChI is InChI=1S/C27H49N3O4S/c1-4-6-7-8-9-10-11-12-13-14-17-30-25(33)22(20-23(31)32)35-27(30)15-18-29(19-16-27)26(34)24(28)21(3)5-2/h21-22,24H,4-20,28H2,1-3H3,(H,31,32). The molecule has 2 amide bonds. The summed E-state index contributed by atoms with van der Waals surface area (Å²) in [4.78, 5) is 40.9. The van der Waals surface area contributed by atoms with Gasteiger partial charge in [0.15, 0.2) is 0 Å². The first-order chi connectivity index (χ1) is 16.8. The lowest BCUT2D eigenvalue weighted by atomic mass is 9.96. The normalized spacial score (nSPS) is 21.5. The number of aliphatic carboxylic acids is 1. The van der Waals surface area contributed by atoms with Crippen LogP contribution in [0.4, 0.5) is 0 Å². The van der Waals surface area contributed by atoms with Crippen molar-refractivity contribution in [1.82, 2.24) is 9.80 Å². The summed E-state index contributed by atoms with van der Waals surface area (Å²) in [5.74, 6) is -0.844. The van der Waals surface area contributed by atoms with Gasteiger partial charge in [-0.25, -0.2) is 0 Å². The van der Waals surface area contributed by atoms with Crippen molar-refractivity contribution in [2.45, 2.75) is 127 Å². The van der Waals surface area contributed by atoms with Crippen LogP contribution in [0.2, 0.25) is 0 Å². The van der Waals surface area contributed by atoms with Crippen molar-refractivity contribution in [3.05, 3.63) is 0 Å². The first-order valence-electron chi connectivity index (χ1n) is 14.0. The lowest BCUT2D eigenvalue weighted by Crippen LogP contribution is -2.56. The molecule has 3 atom stereocenters. The van der Waals surface area contributed by atoms with E-state index in [1.165, 1.54) is 63.1 Å². The van der Waals surface area contributed by atoms with Crippen LogP contribution in [0, 0.1) is 5.92 Å². The number of carbonyl (C=O) groups is 3. The van der Waals surface area contributed by atoms with E-state index in [2.05, 4.69) is 6.92 Å². The first kappa shape index (κ1) is 29.9. The Kier molecular flexibility index (Phi) is 12.9. The van der Waals surface area contributed by atoms with Crippen LogP contribution >= 0.6 is 11.8 Å². The predicted octanol–water partition coefficient (Wildman–Crippen LogP) is 5.02. The molecule has 3 unspecified atom stereocenters. The molecule has 3 N–H and O–H groups in total. The Hall–Kier alpha value is -1.28. The van der Waals surface area contributed by atoms with Gasteiger partial charge in [-0.3, -0.25) is 14.4 Å². The Morgan fingerprint density at radius 1 is 1.03 bits per heavy atom. The van der Waals surface area contributed by atoms with Crippen molar-refractivity contribution in [2.75, 3.05) is 19.6 Å². The van der Waals surface area contributed by atoms with Crippen molar-refractivity contribution in [1.29, 1.82) is 0 Å². The number of hydrogen-bond donors (Lipinski definition) is 2. The molecule has 0 aliphatic carbocycles. The topological polar surface area (TPSA) is 104 Å². The van der Waals surface area contributed by atoms with Crippen LogP contribution in [-0.4, -0.2) is 68.5 Å². The van der Waals surface area contributed by atoms with Gasteiger partial charge < -0.3 is 20.6 Å². The van der Waals surface area contributed by atoms with E-state index in [0.717, 1.165) is 19.3 Å². The summed E-state index contributed by atoms with van der Waals surface area (Å²) >= 11 is 1.52. The SMILES string of the molecule is CCCCCCCCCCCCN1C(=O)C(CC(=O)O)SC12CCN(C(=O)C(N)C(C)CC)CC2. The average molecular weight is 512 g/mol. The molecule has 2 heterocycles. The van der Waals surface area contributed by atoms with E-state index in [1.807, 2.05) is 23.6 Å². The van der Waals surface area contributed by atoms with E-state index in [1.54, 1.807) is 0 Å². The van der Waals surface area contributed by atoms with E-state index in [-0.39, 0.29) is 24.2 Å². The highest BCUT2D eigenvalue weighted by atomic mass is 32.2. The number of carbonyl (C=O) groups excluding carboxylic acids is 2. The third kappa shape index (κ3) is 8.66. The number of hydrogen-bond acceptors (Lipinski definition) is 5. The van der Waals surface area contributed by atoms with E-state index in [9.17, 15) is 19.5 Å². The van der Waals surface area contributed by atoms with E-state index in [4.69, 9.17) is 5.73 Å². The minimum atomic E-state index is -0.932. The maximum Gasteiger partial charge on any atom is 0.305 e. The molecule has 7 nitrogen and oxygen atoms in total. The highest BCUT2D eigenvalue weighted by Crippen LogP contribution is 2.49. The Morgan fingerprint density at radius 3 is 2.09 bits per heavy atom. The second kappa shape index (κ2) is 15.1. The van der Waals surface area contributed by atoms with Gasteiger partial charge in [-0.05, 0) is 25.2 Å². The van der Waals surface area contributed by atoms with Gasteiger partial charge in [-0.1, -0.05) is 85.0 Å². The molecule has 35 heavy (non-hydrogen) atoms. The van der Waals surface area contributed by atoms with Crippen LogP contribution in [0.15, 0.2) is 0 Å². The van der Waals surface area contributed by atoms with Gasteiger partial charge in [0.2, 0.25) is 11.8 Å². The van der Waals surface area contributed by atoms with Gasteiger partial charge in [0.05, 0.1) is 22.6 Å². The van der Waals surface area contributed by atoms with Gasteiger partial charge in [0.1, 0.15) is 0 Å². The highest BCUT2D eigenvalue weighted by Gasteiger charge is 2.53. The number of carboxylic acids is 1. The molecule has 0 bridgehead atoms. The molecule has 0 saturated carbocycles. The zero-order chi connectivity index (χ0) is 25.8. The fourth-order valence-corrected chi connectivity index (χ4v) is 7.00. The minimum Gasteiger partial charge on any atom is -0.481 e. The molecule has 0 radical (unpaired) electrons. The molecular weight excluding hydrogens is 462 g/mol. The van der Waals surface area contributed by atoms with Crippen molar-refractivity contribution in [2.24, 2.45) is 11.7 Å². The van der Waals surface area contributed by atoms with Gasteiger partial charge in [-0.15, -0.1) is 11.8 Å². The van der Waals surface area contributed by atoms with Crippen LogP contribution in [0.25, 0.3) is 0 Å². The Bertz CT molecular complexity index is 681. The zero-order valence-electron chi connectivity index (χ0n) is 22.3. The smallest absolute Gasteiger partial charge is 0.305 e. The van der Waals surface area contributed by atoms with Crippen LogP contribution in [0.5, 0.6) is 0 Å². The van der Waals surface area contributed by atoms with Crippen molar-refractivity contribution < 1.29 is 19.5 Å². The number of unbranched alkanes of at least 4 members (excludes halogenated alkanes) is 9. The summed E-state index contributed by atoms with van der Waals surface area (Å²) in [5.41, 5.74) is 6.19. The number of rotatable bonds is 16. The average Bonchev–Trinajstić information content (AvgIpc) is 3.08. The number of thioether (sulfide) groups is 1. The maximum absolute atomic E-state index is 13.2. The lowest BCUT2D eigenvalue weighted by Gasteiger charge is -2.44. The summed E-state index contributed by atoms with van der Waals surface area (Å²) in [7, 11) is 0. The monoisotopic (exact) mass is 511 g/mol. The number of carboxylic acid groups (broad SMARTS) is 1. The molecule has 2 aliphatic heterocycles. The molecule has 202 valence electrons. The van der Waals surface area contributed by atoms with Crippen molar-refractivity contribution in [3.63, 3.8) is 0 Å². The summed E-state index contributed by atoms with van der Waals surface area (Å²) in [6.07, 6.45) is 14.5. The van der Waals surface area contributed by atoms with Crippen LogP contribution in [-0.2, 0) is 14.4 Å². The molecule has 2 rings (SSSR count). The fourth-order valence-electron chi connectivity index (χ4n) is 5.28. The summed E-state index contributed by atoms with van der Waals surface area (Å²) in [5, 5.41) is 8.80. The number of nitrogens with two attached hydrogens (primary N) is 1. The fraction of sp³-hybridized carbons (Fsp3) is 0.889. The second-order valence-electron chi connectivity index (χ2n) is 10.6. The summed E-state index contributed by atoms with van der Waals surface area (Å²) in [6.45, 7) is 8.10. The number of nitrogens with zero attached hydrogens (tertiary/aromatic N) is 2. The third-order valence-corrected chi connectivity index (χ3v) is 9.61. The molecule has 0 aromatic carbocycles. The maximum atomic E-state index is 13.2. The van der Waals surface area contributed by atoms with E-state index in [0.29, 0.717) is 32.5 Å². The first-order valence-corrected chi connectivity index (χ1v) is 14.9. The minimum absolute atomic E-state index is 0.00754.